The van der Waals surface area contributed by atoms with Gasteiger partial charge in [-0.05, 0) is 37.1 Å². The minimum atomic E-state index is -3.87. The Bertz CT molecular complexity index is 988. The zero-order chi connectivity index (χ0) is 22.4. The van der Waals surface area contributed by atoms with Crippen molar-refractivity contribution in [1.29, 1.82) is 0 Å². The van der Waals surface area contributed by atoms with Crippen LogP contribution in [0, 0.1) is 5.92 Å². The van der Waals surface area contributed by atoms with Crippen molar-refractivity contribution < 1.29 is 22.7 Å². The maximum Gasteiger partial charge on any atom is 0.253 e. The Hall–Kier alpha value is -2.42. The number of amides is 1. The minimum absolute atomic E-state index is 0.0143. The highest BCUT2D eigenvalue weighted by Gasteiger charge is 2.28. The van der Waals surface area contributed by atoms with Crippen LogP contribution in [0.4, 0.5) is 0 Å². The third-order valence-corrected chi connectivity index (χ3v) is 7.34. The second-order valence-electron chi connectivity index (χ2n) is 7.69. The zero-order valence-electron chi connectivity index (χ0n) is 18.3. The molecule has 31 heavy (non-hydrogen) atoms. The van der Waals surface area contributed by atoms with Gasteiger partial charge in [-0.2, -0.15) is 4.31 Å². The molecule has 0 aromatic heterocycles. The average Bonchev–Trinajstić information content (AvgIpc) is 3.30. The molecule has 1 atom stereocenters. The van der Waals surface area contributed by atoms with Crippen LogP contribution in [0.3, 0.4) is 0 Å². The Morgan fingerprint density at radius 1 is 1.19 bits per heavy atom. The molecule has 168 valence electrons. The number of rotatable bonds is 9. The predicted molar refractivity (Wildman–Crippen MR) is 119 cm³/mol. The summed E-state index contributed by atoms with van der Waals surface area (Å²) in [6.07, 6.45) is 0.927. The molecule has 8 heteroatoms. The first-order valence-electron chi connectivity index (χ1n) is 10.4. The lowest BCUT2D eigenvalue weighted by atomic mass is 10.1. The molecule has 0 bridgehead atoms. The van der Waals surface area contributed by atoms with E-state index in [-0.39, 0.29) is 23.1 Å². The summed E-state index contributed by atoms with van der Waals surface area (Å²) < 4.78 is 38.6. The fraction of sp³-hybridized carbons (Fsp3) is 0.435. The maximum atomic E-state index is 13.3. The molecule has 7 nitrogen and oxygen atoms in total. The van der Waals surface area contributed by atoms with Crippen molar-refractivity contribution in [3.8, 4) is 5.75 Å². The smallest absolute Gasteiger partial charge is 0.253 e. The first-order chi connectivity index (χ1) is 14.9. The number of methoxy groups -OCH3 is 1. The van der Waals surface area contributed by atoms with Gasteiger partial charge in [0.2, 0.25) is 10.0 Å². The van der Waals surface area contributed by atoms with Crippen molar-refractivity contribution in [3.63, 3.8) is 0 Å². The van der Waals surface area contributed by atoms with Gasteiger partial charge < -0.3 is 14.4 Å². The lowest BCUT2D eigenvalue weighted by Gasteiger charge is -2.24. The summed E-state index contributed by atoms with van der Waals surface area (Å²) in [6, 6.07) is 13.9. The standard InChI is InChI=1S/C23H30N2O5S/c1-4-25(16-19-12-13-30-17-19)23(26)20-10-11-21(29-3)22(14-20)31(27,28)24(2)15-18-8-6-5-7-9-18/h5-11,14,19H,4,12-13,15-17H2,1-3H3. The first-order valence-corrected chi connectivity index (χ1v) is 11.9. The van der Waals surface area contributed by atoms with Crippen molar-refractivity contribution in [3.05, 3.63) is 59.7 Å². The number of hydrogen-bond acceptors (Lipinski definition) is 5. The summed E-state index contributed by atoms with van der Waals surface area (Å²) in [5.74, 6) is 0.324. The van der Waals surface area contributed by atoms with Gasteiger partial charge in [0, 0.05) is 44.8 Å². The average molecular weight is 447 g/mol. The van der Waals surface area contributed by atoms with E-state index in [1.54, 1.807) is 17.0 Å². The van der Waals surface area contributed by atoms with Crippen LogP contribution in [0.2, 0.25) is 0 Å². The molecule has 0 saturated carbocycles. The summed E-state index contributed by atoms with van der Waals surface area (Å²) >= 11 is 0. The van der Waals surface area contributed by atoms with Crippen molar-refractivity contribution in [1.82, 2.24) is 9.21 Å². The van der Waals surface area contributed by atoms with E-state index < -0.39 is 10.0 Å². The molecule has 1 saturated heterocycles. The summed E-state index contributed by atoms with van der Waals surface area (Å²) in [5, 5.41) is 0. The molecule has 2 aromatic rings. The second-order valence-corrected chi connectivity index (χ2v) is 9.70. The van der Waals surface area contributed by atoms with Gasteiger partial charge in [0.15, 0.2) is 0 Å². The van der Waals surface area contributed by atoms with Crippen LogP contribution in [0.25, 0.3) is 0 Å². The maximum absolute atomic E-state index is 13.3. The first kappa shape index (κ1) is 23.2. The molecule has 1 aliphatic heterocycles. The number of carbonyl (C=O) groups excluding carboxylic acids is 1. The third-order valence-electron chi connectivity index (χ3n) is 5.52. The molecule has 1 heterocycles. The lowest BCUT2D eigenvalue weighted by molar-refractivity contribution is 0.0730. The summed E-state index contributed by atoms with van der Waals surface area (Å²) in [4.78, 5) is 14.9. The van der Waals surface area contributed by atoms with E-state index in [0.29, 0.717) is 31.2 Å². The molecular formula is C23H30N2O5S. The molecule has 0 aliphatic carbocycles. The van der Waals surface area contributed by atoms with Gasteiger partial charge in [-0.15, -0.1) is 0 Å². The highest BCUT2D eigenvalue weighted by molar-refractivity contribution is 7.89. The van der Waals surface area contributed by atoms with Crippen molar-refractivity contribution >= 4 is 15.9 Å². The van der Waals surface area contributed by atoms with Crippen LogP contribution in [0.1, 0.15) is 29.3 Å². The highest BCUT2D eigenvalue weighted by atomic mass is 32.2. The van der Waals surface area contributed by atoms with Gasteiger partial charge in [-0.1, -0.05) is 30.3 Å². The van der Waals surface area contributed by atoms with Gasteiger partial charge in [-0.3, -0.25) is 4.79 Å². The van der Waals surface area contributed by atoms with Crippen molar-refractivity contribution in [2.75, 3.05) is 40.5 Å². The fourth-order valence-electron chi connectivity index (χ4n) is 3.68. The lowest BCUT2D eigenvalue weighted by Crippen LogP contribution is -2.35. The second kappa shape index (κ2) is 10.3. The molecule has 1 amide bonds. The number of sulfonamides is 1. The summed E-state index contributed by atoms with van der Waals surface area (Å²) in [7, 11) is -0.929. The van der Waals surface area contributed by atoms with E-state index in [0.717, 1.165) is 18.6 Å². The van der Waals surface area contributed by atoms with E-state index in [2.05, 4.69) is 0 Å². The molecule has 0 N–H and O–H groups in total. The van der Waals surface area contributed by atoms with Crippen LogP contribution in [-0.4, -0.2) is 64.0 Å². The van der Waals surface area contributed by atoms with Gasteiger partial charge in [-0.25, -0.2) is 8.42 Å². The topological polar surface area (TPSA) is 76.1 Å². The Morgan fingerprint density at radius 2 is 1.94 bits per heavy atom. The minimum Gasteiger partial charge on any atom is -0.495 e. The van der Waals surface area contributed by atoms with E-state index in [1.165, 1.54) is 24.5 Å². The van der Waals surface area contributed by atoms with Crippen LogP contribution in [0.15, 0.2) is 53.4 Å². The zero-order valence-corrected chi connectivity index (χ0v) is 19.1. The number of ether oxygens (including phenoxy) is 2. The van der Waals surface area contributed by atoms with Gasteiger partial charge in [0.1, 0.15) is 10.6 Å². The number of benzene rings is 2. The van der Waals surface area contributed by atoms with E-state index >= 15 is 0 Å². The van der Waals surface area contributed by atoms with Crippen LogP contribution in [-0.2, 0) is 21.3 Å². The molecule has 3 rings (SSSR count). The van der Waals surface area contributed by atoms with Crippen molar-refractivity contribution in [2.24, 2.45) is 5.92 Å². The summed E-state index contributed by atoms with van der Waals surface area (Å²) in [6.45, 7) is 4.63. The number of nitrogens with zero attached hydrogens (tertiary/aromatic N) is 2. The van der Waals surface area contributed by atoms with Crippen LogP contribution >= 0.6 is 0 Å². The van der Waals surface area contributed by atoms with Gasteiger partial charge >= 0.3 is 0 Å². The quantitative estimate of drug-likeness (QED) is 0.592. The Morgan fingerprint density at radius 3 is 2.55 bits per heavy atom. The van der Waals surface area contributed by atoms with Gasteiger partial charge in [0.05, 0.1) is 13.7 Å². The molecule has 2 aromatic carbocycles. The third kappa shape index (κ3) is 5.44. The molecule has 1 unspecified atom stereocenters. The van der Waals surface area contributed by atoms with E-state index in [1.807, 2.05) is 37.3 Å². The Balaban J connectivity index is 1.87. The largest absolute Gasteiger partial charge is 0.495 e. The Labute approximate surface area is 184 Å². The number of hydrogen-bond donors (Lipinski definition) is 0. The van der Waals surface area contributed by atoms with E-state index in [9.17, 15) is 13.2 Å². The Kier molecular flexibility index (Phi) is 7.69. The summed E-state index contributed by atoms with van der Waals surface area (Å²) in [5.41, 5.74) is 1.20. The van der Waals surface area contributed by atoms with Crippen LogP contribution < -0.4 is 4.74 Å². The molecular weight excluding hydrogens is 416 g/mol. The molecule has 0 radical (unpaired) electrons. The normalized spacial score (nSPS) is 16.5. The fourth-order valence-corrected chi connectivity index (χ4v) is 5.02. The highest BCUT2D eigenvalue weighted by Crippen LogP contribution is 2.29. The monoisotopic (exact) mass is 446 g/mol. The molecule has 1 aliphatic rings. The molecule has 0 spiro atoms. The van der Waals surface area contributed by atoms with Crippen molar-refractivity contribution in [2.45, 2.75) is 24.8 Å². The van der Waals surface area contributed by atoms with E-state index in [4.69, 9.17) is 9.47 Å². The molecule has 1 fully saturated rings. The predicted octanol–water partition coefficient (Wildman–Crippen LogP) is 3.01. The number of carbonyl (C=O) groups is 1. The van der Waals surface area contributed by atoms with Gasteiger partial charge in [0.25, 0.3) is 5.91 Å². The van der Waals surface area contributed by atoms with Crippen LogP contribution in [0.5, 0.6) is 5.75 Å². The SMILES string of the molecule is CCN(CC1CCOC1)C(=O)c1ccc(OC)c(S(=O)(=O)N(C)Cc2ccccc2)c1.